The Kier molecular flexibility index (Phi) is 6.84. The SMILES string of the molecule is CCn1nc(C)c(CN(CCOC)Cc2c(O)cccc2OC)c1C. The third-order valence-corrected chi connectivity index (χ3v) is 4.53. The first-order chi connectivity index (χ1) is 12.0. The molecule has 0 amide bonds. The highest BCUT2D eigenvalue weighted by Crippen LogP contribution is 2.29. The van der Waals surface area contributed by atoms with E-state index in [0.29, 0.717) is 18.9 Å². The fourth-order valence-electron chi connectivity index (χ4n) is 3.06. The summed E-state index contributed by atoms with van der Waals surface area (Å²) in [6.45, 7) is 9.81. The maximum atomic E-state index is 10.3. The van der Waals surface area contributed by atoms with Crippen molar-refractivity contribution in [2.45, 2.75) is 40.4 Å². The van der Waals surface area contributed by atoms with E-state index in [1.165, 1.54) is 11.3 Å². The lowest BCUT2D eigenvalue weighted by atomic mass is 10.1. The third kappa shape index (κ3) is 4.52. The van der Waals surface area contributed by atoms with E-state index in [1.54, 1.807) is 26.4 Å². The van der Waals surface area contributed by atoms with Gasteiger partial charge in [-0.25, -0.2) is 0 Å². The predicted octanol–water partition coefficient (Wildman–Crippen LogP) is 2.88. The van der Waals surface area contributed by atoms with Crippen LogP contribution in [-0.2, 0) is 24.4 Å². The van der Waals surface area contributed by atoms with Crippen molar-refractivity contribution in [2.24, 2.45) is 0 Å². The Balaban J connectivity index is 2.27. The minimum atomic E-state index is 0.250. The lowest BCUT2D eigenvalue weighted by molar-refractivity contribution is 0.138. The molecule has 0 radical (unpaired) electrons. The van der Waals surface area contributed by atoms with Gasteiger partial charge in [-0.15, -0.1) is 0 Å². The highest BCUT2D eigenvalue weighted by Gasteiger charge is 2.18. The van der Waals surface area contributed by atoms with Crippen molar-refractivity contribution in [3.63, 3.8) is 0 Å². The Hall–Kier alpha value is -2.05. The highest BCUT2D eigenvalue weighted by molar-refractivity contribution is 5.43. The van der Waals surface area contributed by atoms with Gasteiger partial charge in [0.2, 0.25) is 0 Å². The van der Waals surface area contributed by atoms with Crippen LogP contribution in [0.1, 0.15) is 29.4 Å². The molecule has 0 saturated heterocycles. The second-order valence-electron chi connectivity index (χ2n) is 6.13. The summed E-state index contributed by atoms with van der Waals surface area (Å²) in [4.78, 5) is 2.25. The molecular formula is C19H29N3O3. The molecule has 138 valence electrons. The summed E-state index contributed by atoms with van der Waals surface area (Å²) in [7, 11) is 3.32. The van der Waals surface area contributed by atoms with Gasteiger partial charge in [0.15, 0.2) is 0 Å². The number of ether oxygens (including phenoxy) is 2. The molecule has 0 unspecified atom stereocenters. The Morgan fingerprint density at radius 3 is 2.48 bits per heavy atom. The fraction of sp³-hybridized carbons (Fsp3) is 0.526. The fourth-order valence-corrected chi connectivity index (χ4v) is 3.06. The molecular weight excluding hydrogens is 318 g/mol. The van der Waals surface area contributed by atoms with E-state index in [2.05, 4.69) is 23.8 Å². The summed E-state index contributed by atoms with van der Waals surface area (Å²) in [5, 5.41) is 14.9. The molecule has 0 saturated carbocycles. The number of benzene rings is 1. The van der Waals surface area contributed by atoms with Crippen LogP contribution in [0.3, 0.4) is 0 Å². The predicted molar refractivity (Wildman–Crippen MR) is 98.0 cm³/mol. The minimum Gasteiger partial charge on any atom is -0.507 e. The molecule has 0 bridgehead atoms. The molecule has 0 spiro atoms. The number of phenolic OH excluding ortho intramolecular Hbond substituents is 1. The van der Waals surface area contributed by atoms with Crippen molar-refractivity contribution < 1.29 is 14.6 Å². The summed E-state index contributed by atoms with van der Waals surface area (Å²) in [6.07, 6.45) is 0. The smallest absolute Gasteiger partial charge is 0.127 e. The number of aromatic nitrogens is 2. The number of rotatable bonds is 9. The van der Waals surface area contributed by atoms with Crippen molar-refractivity contribution in [3.8, 4) is 11.5 Å². The first-order valence-corrected chi connectivity index (χ1v) is 8.60. The zero-order valence-corrected chi connectivity index (χ0v) is 15.9. The molecule has 25 heavy (non-hydrogen) atoms. The second kappa shape index (κ2) is 8.87. The Morgan fingerprint density at radius 1 is 1.16 bits per heavy atom. The van der Waals surface area contributed by atoms with Gasteiger partial charge in [0.1, 0.15) is 11.5 Å². The standard InChI is InChI=1S/C19H29N3O3/c1-6-22-15(3)16(14(2)20-22)12-21(10-11-24-4)13-17-18(23)8-7-9-19(17)25-5/h7-9,23H,6,10-13H2,1-5H3. The lowest BCUT2D eigenvalue weighted by Gasteiger charge is -2.24. The van der Waals surface area contributed by atoms with Crippen LogP contribution in [0.25, 0.3) is 0 Å². The van der Waals surface area contributed by atoms with Crippen LogP contribution in [0.5, 0.6) is 11.5 Å². The van der Waals surface area contributed by atoms with Crippen LogP contribution >= 0.6 is 0 Å². The quantitative estimate of drug-likeness (QED) is 0.756. The molecule has 2 rings (SSSR count). The van der Waals surface area contributed by atoms with Gasteiger partial charge in [0.05, 0.1) is 19.4 Å². The van der Waals surface area contributed by atoms with Crippen molar-refractivity contribution in [3.05, 3.63) is 40.7 Å². The highest BCUT2D eigenvalue weighted by atomic mass is 16.5. The monoisotopic (exact) mass is 347 g/mol. The molecule has 6 nitrogen and oxygen atoms in total. The van der Waals surface area contributed by atoms with Crippen LogP contribution in [0.4, 0.5) is 0 Å². The number of aromatic hydroxyl groups is 1. The molecule has 0 aliphatic carbocycles. The van der Waals surface area contributed by atoms with Gasteiger partial charge in [-0.3, -0.25) is 9.58 Å². The summed E-state index contributed by atoms with van der Waals surface area (Å²) >= 11 is 0. The Morgan fingerprint density at radius 2 is 1.88 bits per heavy atom. The van der Waals surface area contributed by atoms with Crippen molar-refractivity contribution in [1.29, 1.82) is 0 Å². The van der Waals surface area contributed by atoms with Gasteiger partial charge < -0.3 is 14.6 Å². The van der Waals surface area contributed by atoms with Gasteiger partial charge in [-0.1, -0.05) is 6.07 Å². The van der Waals surface area contributed by atoms with Crippen LogP contribution in [0, 0.1) is 13.8 Å². The number of methoxy groups -OCH3 is 2. The first-order valence-electron chi connectivity index (χ1n) is 8.60. The first kappa shape index (κ1) is 19.3. The van der Waals surface area contributed by atoms with E-state index in [9.17, 15) is 5.11 Å². The number of hydrogen-bond donors (Lipinski definition) is 1. The second-order valence-corrected chi connectivity index (χ2v) is 6.13. The molecule has 0 aliphatic heterocycles. The van der Waals surface area contributed by atoms with E-state index in [0.717, 1.165) is 30.9 Å². The van der Waals surface area contributed by atoms with Gasteiger partial charge in [0, 0.05) is 50.1 Å². The summed E-state index contributed by atoms with van der Waals surface area (Å²) in [5.74, 6) is 0.944. The van der Waals surface area contributed by atoms with E-state index in [4.69, 9.17) is 9.47 Å². The summed E-state index contributed by atoms with van der Waals surface area (Å²) in [6, 6.07) is 5.35. The van der Waals surface area contributed by atoms with Crippen LogP contribution in [0.2, 0.25) is 0 Å². The van der Waals surface area contributed by atoms with E-state index in [1.807, 2.05) is 17.7 Å². The van der Waals surface area contributed by atoms with Gasteiger partial charge >= 0.3 is 0 Å². The van der Waals surface area contributed by atoms with E-state index >= 15 is 0 Å². The van der Waals surface area contributed by atoms with Crippen molar-refractivity contribution in [1.82, 2.24) is 14.7 Å². The van der Waals surface area contributed by atoms with E-state index < -0.39 is 0 Å². The number of nitrogens with zero attached hydrogens (tertiary/aromatic N) is 3. The topological polar surface area (TPSA) is 59.8 Å². The zero-order valence-electron chi connectivity index (χ0n) is 15.9. The molecule has 6 heteroatoms. The van der Waals surface area contributed by atoms with Crippen molar-refractivity contribution >= 4 is 0 Å². The number of hydrogen-bond acceptors (Lipinski definition) is 5. The Labute approximate surface area is 150 Å². The maximum Gasteiger partial charge on any atom is 0.127 e. The minimum absolute atomic E-state index is 0.250. The molecule has 1 aromatic heterocycles. The molecule has 1 N–H and O–H groups in total. The summed E-state index contributed by atoms with van der Waals surface area (Å²) < 4.78 is 12.7. The van der Waals surface area contributed by atoms with Crippen LogP contribution < -0.4 is 4.74 Å². The summed E-state index contributed by atoms with van der Waals surface area (Å²) in [5.41, 5.74) is 4.25. The number of aryl methyl sites for hydroxylation is 2. The zero-order chi connectivity index (χ0) is 18.4. The normalized spacial score (nSPS) is 11.3. The van der Waals surface area contributed by atoms with Crippen LogP contribution in [0.15, 0.2) is 18.2 Å². The Bertz CT molecular complexity index is 697. The molecule has 0 fully saturated rings. The molecule has 0 aliphatic rings. The van der Waals surface area contributed by atoms with Gasteiger partial charge in [-0.05, 0) is 32.9 Å². The number of phenols is 1. The lowest BCUT2D eigenvalue weighted by Crippen LogP contribution is -2.27. The molecule has 1 aromatic carbocycles. The molecule has 2 aromatic rings. The van der Waals surface area contributed by atoms with Crippen molar-refractivity contribution in [2.75, 3.05) is 27.4 Å². The maximum absolute atomic E-state index is 10.3. The largest absolute Gasteiger partial charge is 0.507 e. The van der Waals surface area contributed by atoms with Crippen LogP contribution in [-0.4, -0.2) is 47.2 Å². The van der Waals surface area contributed by atoms with E-state index in [-0.39, 0.29) is 5.75 Å². The average Bonchev–Trinajstić information content (AvgIpc) is 2.88. The molecule has 1 heterocycles. The third-order valence-electron chi connectivity index (χ3n) is 4.53. The molecule has 0 atom stereocenters. The van der Waals surface area contributed by atoms with Gasteiger partial charge in [0.25, 0.3) is 0 Å². The van der Waals surface area contributed by atoms with Gasteiger partial charge in [-0.2, -0.15) is 5.10 Å². The average molecular weight is 347 g/mol.